The Kier molecular flexibility index (Phi) is 7.27. The molecule has 2 atom stereocenters. The molecule has 2 aromatic heterocycles. The Bertz CT molecular complexity index is 1500. The van der Waals surface area contributed by atoms with Crippen LogP contribution in [-0.4, -0.2) is 20.8 Å². The molecule has 0 unspecified atom stereocenters. The van der Waals surface area contributed by atoms with Gasteiger partial charge in [-0.2, -0.15) is 0 Å². The maximum atomic E-state index is 6.65. The standard InChI is InChI=1S/C31H30Cl2N4OS/c1-19-17-25(20(2)36(19)28-15-10-21(32)18-26(28)33)30-29(27-9-5-6-16-34-27)35-31(39)37(30)22-11-13-24(14-12-22)38-23-7-3-4-8-23/h5-6,9-18,23,29-30H,3-4,7-8H2,1-2H3,(H,35,39)/t29-,30-/m1/s1. The van der Waals surface area contributed by atoms with Crippen molar-refractivity contribution in [1.29, 1.82) is 0 Å². The summed E-state index contributed by atoms with van der Waals surface area (Å²) >= 11 is 18.8. The van der Waals surface area contributed by atoms with E-state index in [1.54, 1.807) is 6.07 Å². The van der Waals surface area contributed by atoms with E-state index >= 15 is 0 Å². The molecule has 1 aliphatic carbocycles. The number of benzene rings is 2. The van der Waals surface area contributed by atoms with E-state index in [0.717, 1.165) is 52.6 Å². The van der Waals surface area contributed by atoms with Crippen LogP contribution in [0.15, 0.2) is 72.9 Å². The largest absolute Gasteiger partial charge is 0.490 e. The van der Waals surface area contributed by atoms with Crippen molar-refractivity contribution in [3.8, 4) is 11.4 Å². The summed E-state index contributed by atoms with van der Waals surface area (Å²) in [5.74, 6) is 0.900. The van der Waals surface area contributed by atoms with Gasteiger partial charge in [0, 0.05) is 28.3 Å². The van der Waals surface area contributed by atoms with E-state index < -0.39 is 0 Å². The first-order valence-electron chi connectivity index (χ1n) is 13.3. The normalized spacial score (nSPS) is 19.5. The summed E-state index contributed by atoms with van der Waals surface area (Å²) in [7, 11) is 0. The molecule has 0 radical (unpaired) electrons. The summed E-state index contributed by atoms with van der Waals surface area (Å²) in [5, 5.41) is 5.44. The van der Waals surface area contributed by atoms with Crippen molar-refractivity contribution in [1.82, 2.24) is 14.9 Å². The van der Waals surface area contributed by atoms with E-state index in [2.05, 4.69) is 59.0 Å². The van der Waals surface area contributed by atoms with Gasteiger partial charge in [0.15, 0.2) is 5.11 Å². The maximum Gasteiger partial charge on any atom is 0.174 e. The lowest BCUT2D eigenvalue weighted by molar-refractivity contribution is 0.210. The number of hydrogen-bond acceptors (Lipinski definition) is 3. The second-order valence-corrected chi connectivity index (χ2v) is 11.5. The molecule has 1 saturated heterocycles. The number of nitrogens with zero attached hydrogens (tertiary/aromatic N) is 3. The first kappa shape index (κ1) is 26.2. The molecule has 0 amide bonds. The highest BCUT2D eigenvalue weighted by atomic mass is 35.5. The van der Waals surface area contributed by atoms with E-state index in [0.29, 0.717) is 21.3 Å². The molecule has 0 bridgehead atoms. The van der Waals surface area contributed by atoms with E-state index in [-0.39, 0.29) is 12.1 Å². The monoisotopic (exact) mass is 576 g/mol. The number of nitrogens with one attached hydrogen (secondary N) is 1. The zero-order valence-electron chi connectivity index (χ0n) is 21.9. The van der Waals surface area contributed by atoms with E-state index in [4.69, 9.17) is 45.1 Å². The van der Waals surface area contributed by atoms with Crippen LogP contribution in [0.1, 0.15) is 60.4 Å². The third kappa shape index (κ3) is 5.02. The Labute approximate surface area is 244 Å². The number of ether oxygens (including phenoxy) is 1. The molecular formula is C31H30Cl2N4OS. The number of aryl methyl sites for hydroxylation is 1. The van der Waals surface area contributed by atoms with E-state index in [1.165, 1.54) is 12.8 Å². The van der Waals surface area contributed by atoms with Crippen LogP contribution in [0.3, 0.4) is 0 Å². The van der Waals surface area contributed by atoms with Crippen LogP contribution in [-0.2, 0) is 0 Å². The summed E-state index contributed by atoms with van der Waals surface area (Å²) in [6, 6.07) is 21.9. The van der Waals surface area contributed by atoms with Gasteiger partial charge >= 0.3 is 0 Å². The van der Waals surface area contributed by atoms with Crippen molar-refractivity contribution in [3.05, 3.63) is 106 Å². The van der Waals surface area contributed by atoms with Gasteiger partial charge in [-0.3, -0.25) is 4.98 Å². The number of rotatable bonds is 6. The molecule has 4 aromatic rings. The van der Waals surface area contributed by atoms with Crippen molar-refractivity contribution in [2.24, 2.45) is 0 Å². The summed E-state index contributed by atoms with van der Waals surface area (Å²) in [6.07, 6.45) is 6.88. The van der Waals surface area contributed by atoms with Crippen LogP contribution in [0.4, 0.5) is 5.69 Å². The Morgan fingerprint density at radius 3 is 2.44 bits per heavy atom. The Morgan fingerprint density at radius 1 is 0.974 bits per heavy atom. The highest BCUT2D eigenvalue weighted by molar-refractivity contribution is 7.80. The van der Waals surface area contributed by atoms with Gasteiger partial charge in [0.2, 0.25) is 0 Å². The molecule has 200 valence electrons. The minimum absolute atomic E-state index is 0.125. The van der Waals surface area contributed by atoms with Crippen molar-refractivity contribution < 1.29 is 4.74 Å². The highest BCUT2D eigenvalue weighted by Gasteiger charge is 2.42. The lowest BCUT2D eigenvalue weighted by Gasteiger charge is -2.28. The van der Waals surface area contributed by atoms with Gasteiger partial charge in [0.05, 0.1) is 34.6 Å². The van der Waals surface area contributed by atoms with Gasteiger partial charge in [-0.25, -0.2) is 0 Å². The van der Waals surface area contributed by atoms with Gasteiger partial charge in [-0.15, -0.1) is 0 Å². The molecule has 1 aliphatic heterocycles. The predicted octanol–water partition coefficient (Wildman–Crippen LogP) is 8.29. The van der Waals surface area contributed by atoms with Crippen molar-refractivity contribution >= 4 is 46.2 Å². The van der Waals surface area contributed by atoms with E-state index in [9.17, 15) is 0 Å². The predicted molar refractivity (Wildman–Crippen MR) is 163 cm³/mol. The molecule has 8 heteroatoms. The molecular weight excluding hydrogens is 547 g/mol. The summed E-state index contributed by atoms with van der Waals surface area (Å²) in [6.45, 7) is 4.22. The van der Waals surface area contributed by atoms with Gasteiger partial charge in [0.1, 0.15) is 5.75 Å². The molecule has 2 aromatic carbocycles. The molecule has 6 rings (SSSR count). The second kappa shape index (κ2) is 10.8. The van der Waals surface area contributed by atoms with Gasteiger partial charge in [-0.1, -0.05) is 29.3 Å². The smallest absolute Gasteiger partial charge is 0.174 e. The molecule has 2 fully saturated rings. The molecule has 2 aliphatic rings. The third-order valence-electron chi connectivity index (χ3n) is 7.76. The Balaban J connectivity index is 1.42. The number of anilines is 1. The number of pyridine rings is 1. The fourth-order valence-corrected chi connectivity index (χ4v) is 6.79. The lowest BCUT2D eigenvalue weighted by Crippen LogP contribution is -2.29. The zero-order chi connectivity index (χ0) is 27.1. The summed E-state index contributed by atoms with van der Waals surface area (Å²) in [5.41, 5.74) is 6.13. The molecule has 5 nitrogen and oxygen atoms in total. The Morgan fingerprint density at radius 2 is 1.74 bits per heavy atom. The summed E-state index contributed by atoms with van der Waals surface area (Å²) in [4.78, 5) is 6.90. The Hall–Kier alpha value is -3.06. The summed E-state index contributed by atoms with van der Waals surface area (Å²) < 4.78 is 8.41. The quantitative estimate of drug-likeness (QED) is 0.234. The topological polar surface area (TPSA) is 42.3 Å². The second-order valence-electron chi connectivity index (χ2n) is 10.3. The number of halogens is 2. The molecule has 3 heterocycles. The first-order chi connectivity index (χ1) is 18.9. The first-order valence-corrected chi connectivity index (χ1v) is 14.5. The average molecular weight is 578 g/mol. The number of aromatic nitrogens is 2. The van der Waals surface area contributed by atoms with Crippen molar-refractivity contribution in [2.75, 3.05) is 4.90 Å². The molecule has 1 N–H and O–H groups in total. The fourth-order valence-electron chi connectivity index (χ4n) is 5.95. The van der Waals surface area contributed by atoms with Gasteiger partial charge < -0.3 is 19.5 Å². The lowest BCUT2D eigenvalue weighted by atomic mass is 9.96. The van der Waals surface area contributed by atoms with Crippen LogP contribution in [0.25, 0.3) is 5.69 Å². The minimum Gasteiger partial charge on any atom is -0.490 e. The number of hydrogen-bond donors (Lipinski definition) is 1. The third-order valence-corrected chi connectivity index (χ3v) is 8.61. The molecule has 0 spiro atoms. The SMILES string of the molecule is Cc1cc([C@@H]2[C@@H](c3ccccn3)NC(=S)N2c2ccc(OC3CCCC3)cc2)c(C)n1-c1ccc(Cl)cc1Cl. The number of thiocarbonyl (C=S) groups is 1. The molecule has 1 saturated carbocycles. The average Bonchev–Trinajstić information content (AvgIpc) is 3.63. The minimum atomic E-state index is -0.136. The zero-order valence-corrected chi connectivity index (χ0v) is 24.2. The van der Waals surface area contributed by atoms with Crippen molar-refractivity contribution in [2.45, 2.75) is 57.7 Å². The fraction of sp³-hybridized carbons (Fsp3) is 0.290. The van der Waals surface area contributed by atoms with Crippen LogP contribution in [0.5, 0.6) is 5.75 Å². The highest BCUT2D eigenvalue weighted by Crippen LogP contribution is 2.44. The van der Waals surface area contributed by atoms with Crippen LogP contribution < -0.4 is 15.0 Å². The maximum absolute atomic E-state index is 6.65. The van der Waals surface area contributed by atoms with Crippen LogP contribution in [0.2, 0.25) is 10.0 Å². The van der Waals surface area contributed by atoms with Crippen LogP contribution in [0, 0.1) is 13.8 Å². The molecule has 39 heavy (non-hydrogen) atoms. The van der Waals surface area contributed by atoms with Gasteiger partial charge in [0.25, 0.3) is 0 Å². The van der Waals surface area contributed by atoms with Crippen molar-refractivity contribution in [3.63, 3.8) is 0 Å². The van der Waals surface area contributed by atoms with E-state index in [1.807, 2.05) is 36.5 Å². The van der Waals surface area contributed by atoms with Gasteiger partial charge in [-0.05, 0) is 118 Å². The van der Waals surface area contributed by atoms with Crippen LogP contribution >= 0.6 is 35.4 Å².